The highest BCUT2D eigenvalue weighted by atomic mass is 16.2. The van der Waals surface area contributed by atoms with Crippen molar-refractivity contribution in [3.05, 3.63) is 34.2 Å². The van der Waals surface area contributed by atoms with Crippen LogP contribution in [0.3, 0.4) is 0 Å². The smallest absolute Gasteiger partial charge is 0.197 e. The van der Waals surface area contributed by atoms with Gasteiger partial charge in [0.15, 0.2) is 5.43 Å². The number of nitrogens with one attached hydrogen (secondary N) is 1. The van der Waals surface area contributed by atoms with Crippen LogP contribution in [0.2, 0.25) is 0 Å². The summed E-state index contributed by atoms with van der Waals surface area (Å²) in [5.41, 5.74) is 0.338. The Labute approximate surface area is 70.1 Å². The van der Waals surface area contributed by atoms with E-state index >= 15 is 0 Å². The van der Waals surface area contributed by atoms with Crippen molar-refractivity contribution in [2.75, 3.05) is 6.61 Å². The van der Waals surface area contributed by atoms with Gasteiger partial charge in [-0.25, -0.2) is 0 Å². The molecule has 3 nitrogen and oxygen atoms in total. The summed E-state index contributed by atoms with van der Waals surface area (Å²) in [4.78, 5) is 13.8. The van der Waals surface area contributed by atoms with Crippen molar-refractivity contribution in [3.63, 3.8) is 0 Å². The number of aromatic nitrogens is 1. The normalized spacial score (nSPS) is 8.75. The van der Waals surface area contributed by atoms with Crippen molar-refractivity contribution < 1.29 is 5.11 Å². The minimum atomic E-state index is -0.0980. The van der Waals surface area contributed by atoms with Crippen LogP contribution in [-0.4, -0.2) is 16.7 Å². The summed E-state index contributed by atoms with van der Waals surface area (Å²) in [5, 5.41) is 8.43. The van der Waals surface area contributed by atoms with Gasteiger partial charge in [0.25, 0.3) is 0 Å². The highest BCUT2D eigenvalue weighted by molar-refractivity contribution is 5.31. The van der Waals surface area contributed by atoms with Crippen LogP contribution < -0.4 is 5.43 Å². The summed E-state index contributed by atoms with van der Waals surface area (Å²) in [6, 6.07) is 1.42. The Kier molecular flexibility index (Phi) is 3.12. The predicted octanol–water partition coefficient (Wildman–Crippen LogP) is 0.109. The Hall–Kier alpha value is -1.53. The fraction of sp³-hybridized carbons (Fsp3) is 0.222. The first-order valence-electron chi connectivity index (χ1n) is 3.61. The van der Waals surface area contributed by atoms with E-state index in [1.807, 2.05) is 0 Å². The van der Waals surface area contributed by atoms with Crippen LogP contribution >= 0.6 is 0 Å². The van der Waals surface area contributed by atoms with Crippen LogP contribution in [0.4, 0.5) is 0 Å². The van der Waals surface area contributed by atoms with Crippen LogP contribution in [0.15, 0.2) is 23.3 Å². The van der Waals surface area contributed by atoms with Gasteiger partial charge in [0, 0.05) is 24.9 Å². The van der Waals surface area contributed by atoms with Gasteiger partial charge in [-0.2, -0.15) is 0 Å². The zero-order chi connectivity index (χ0) is 8.81. The Morgan fingerprint density at radius 2 is 2.42 bits per heavy atom. The topological polar surface area (TPSA) is 53.1 Å². The number of pyridine rings is 1. The Morgan fingerprint density at radius 3 is 3.08 bits per heavy atom. The third-order valence-electron chi connectivity index (χ3n) is 1.28. The molecule has 1 rings (SSSR count). The molecule has 0 saturated heterocycles. The first kappa shape index (κ1) is 8.57. The van der Waals surface area contributed by atoms with Crippen molar-refractivity contribution in [2.24, 2.45) is 0 Å². The number of aromatic amines is 1. The van der Waals surface area contributed by atoms with E-state index in [4.69, 9.17) is 5.11 Å². The standard InChI is InChI=1S/C9H9NO2/c11-6-2-1-3-8-7-10-5-4-9(8)12/h4-5,7,11H,2,6H2,(H,10,12). The maximum Gasteiger partial charge on any atom is 0.197 e. The largest absolute Gasteiger partial charge is 0.395 e. The SMILES string of the molecule is O=c1cc[nH]cc1C#CCCO. The molecule has 12 heavy (non-hydrogen) atoms. The fourth-order valence-electron chi connectivity index (χ4n) is 0.727. The summed E-state index contributed by atoms with van der Waals surface area (Å²) in [6.45, 7) is 0.0255. The van der Waals surface area contributed by atoms with E-state index in [9.17, 15) is 4.79 Å². The summed E-state index contributed by atoms with van der Waals surface area (Å²) in [7, 11) is 0. The van der Waals surface area contributed by atoms with Crippen LogP contribution in [-0.2, 0) is 0 Å². The van der Waals surface area contributed by atoms with Gasteiger partial charge in [-0.1, -0.05) is 11.8 Å². The van der Waals surface area contributed by atoms with Gasteiger partial charge in [0.1, 0.15) is 0 Å². The molecule has 1 aromatic heterocycles. The molecule has 0 spiro atoms. The molecular weight excluding hydrogens is 154 g/mol. The molecule has 0 aliphatic carbocycles. The van der Waals surface area contributed by atoms with Crippen LogP contribution in [0, 0.1) is 11.8 Å². The molecule has 2 N–H and O–H groups in total. The molecule has 0 bridgehead atoms. The lowest BCUT2D eigenvalue weighted by Crippen LogP contribution is -2.02. The lowest BCUT2D eigenvalue weighted by atomic mass is 10.3. The average Bonchev–Trinajstić information content (AvgIpc) is 2.09. The van der Waals surface area contributed by atoms with Gasteiger partial charge < -0.3 is 10.1 Å². The molecule has 0 aliphatic heterocycles. The van der Waals surface area contributed by atoms with E-state index in [1.165, 1.54) is 6.07 Å². The number of aliphatic hydroxyl groups excluding tert-OH is 1. The van der Waals surface area contributed by atoms with Gasteiger partial charge in [0.05, 0.1) is 12.2 Å². The Morgan fingerprint density at radius 1 is 1.58 bits per heavy atom. The van der Waals surface area contributed by atoms with E-state index in [-0.39, 0.29) is 12.0 Å². The Balaban J connectivity index is 2.85. The number of hydrogen-bond donors (Lipinski definition) is 2. The summed E-state index contributed by atoms with van der Waals surface area (Å²) >= 11 is 0. The molecule has 0 atom stereocenters. The monoisotopic (exact) mass is 163 g/mol. The second kappa shape index (κ2) is 4.37. The van der Waals surface area contributed by atoms with Crippen molar-refractivity contribution in [3.8, 4) is 11.8 Å². The molecule has 0 fully saturated rings. The molecule has 62 valence electrons. The maximum absolute atomic E-state index is 11.0. The summed E-state index contributed by atoms with van der Waals surface area (Å²) < 4.78 is 0. The predicted molar refractivity (Wildman–Crippen MR) is 45.6 cm³/mol. The van der Waals surface area contributed by atoms with E-state index in [1.54, 1.807) is 12.4 Å². The number of rotatable bonds is 1. The van der Waals surface area contributed by atoms with Crippen molar-refractivity contribution >= 4 is 0 Å². The van der Waals surface area contributed by atoms with Gasteiger partial charge in [-0.3, -0.25) is 4.79 Å². The minimum absolute atomic E-state index is 0.0255. The Bertz CT molecular complexity index is 357. The molecule has 0 amide bonds. The minimum Gasteiger partial charge on any atom is -0.395 e. The van der Waals surface area contributed by atoms with Gasteiger partial charge in [0.2, 0.25) is 0 Å². The highest BCUT2D eigenvalue weighted by Gasteiger charge is 1.89. The molecular formula is C9H9NO2. The second-order valence-electron chi connectivity index (χ2n) is 2.20. The van der Waals surface area contributed by atoms with Gasteiger partial charge in [-0.15, -0.1) is 0 Å². The molecule has 0 aliphatic rings. The zero-order valence-corrected chi connectivity index (χ0v) is 6.50. The van der Waals surface area contributed by atoms with E-state index in [2.05, 4.69) is 16.8 Å². The number of aliphatic hydroxyl groups is 1. The van der Waals surface area contributed by atoms with Crippen molar-refractivity contribution in [2.45, 2.75) is 6.42 Å². The highest BCUT2D eigenvalue weighted by Crippen LogP contribution is 1.83. The average molecular weight is 163 g/mol. The summed E-state index contributed by atoms with van der Waals surface area (Å²) in [5.74, 6) is 5.33. The molecule has 0 saturated carbocycles. The van der Waals surface area contributed by atoms with Gasteiger partial charge in [-0.05, 0) is 0 Å². The van der Waals surface area contributed by atoms with Crippen LogP contribution in [0.5, 0.6) is 0 Å². The first-order valence-corrected chi connectivity index (χ1v) is 3.61. The number of H-pyrrole nitrogens is 1. The first-order chi connectivity index (χ1) is 5.84. The molecule has 1 heterocycles. The third kappa shape index (κ3) is 2.26. The van der Waals surface area contributed by atoms with Crippen molar-refractivity contribution in [1.82, 2.24) is 4.98 Å². The van der Waals surface area contributed by atoms with E-state index in [0.717, 1.165) is 0 Å². The molecule has 0 aromatic carbocycles. The molecule has 0 unspecified atom stereocenters. The summed E-state index contributed by atoms with van der Waals surface area (Å²) in [6.07, 6.45) is 3.50. The second-order valence-corrected chi connectivity index (χ2v) is 2.20. The van der Waals surface area contributed by atoms with Crippen LogP contribution in [0.1, 0.15) is 12.0 Å². The van der Waals surface area contributed by atoms with E-state index < -0.39 is 0 Å². The lowest BCUT2D eigenvalue weighted by Gasteiger charge is -1.85. The van der Waals surface area contributed by atoms with Gasteiger partial charge >= 0.3 is 0 Å². The maximum atomic E-state index is 11.0. The molecule has 0 radical (unpaired) electrons. The quantitative estimate of drug-likeness (QED) is 0.577. The number of hydrogen-bond acceptors (Lipinski definition) is 2. The zero-order valence-electron chi connectivity index (χ0n) is 6.50. The lowest BCUT2D eigenvalue weighted by molar-refractivity contribution is 0.305. The molecule has 3 heteroatoms. The third-order valence-corrected chi connectivity index (χ3v) is 1.28. The fourth-order valence-corrected chi connectivity index (χ4v) is 0.727. The van der Waals surface area contributed by atoms with Crippen molar-refractivity contribution in [1.29, 1.82) is 0 Å². The molecule has 1 aromatic rings. The van der Waals surface area contributed by atoms with E-state index in [0.29, 0.717) is 12.0 Å². The van der Waals surface area contributed by atoms with Crippen LogP contribution in [0.25, 0.3) is 0 Å².